The predicted molar refractivity (Wildman–Crippen MR) is 111 cm³/mol. The lowest BCUT2D eigenvalue weighted by Gasteiger charge is -2.09. The maximum absolute atomic E-state index is 11.9. The number of hydrogen-bond acceptors (Lipinski definition) is 3. The molecular weight excluding hydrogens is 336 g/mol. The molecule has 1 aromatic heterocycles. The second-order valence-corrected chi connectivity index (χ2v) is 6.51. The second-order valence-electron chi connectivity index (χ2n) is 6.51. The van der Waals surface area contributed by atoms with Crippen molar-refractivity contribution in [3.63, 3.8) is 0 Å². The molecule has 0 fully saturated rings. The molecule has 3 rings (SSSR count). The van der Waals surface area contributed by atoms with Gasteiger partial charge in [-0.1, -0.05) is 35.9 Å². The van der Waals surface area contributed by atoms with Crippen LogP contribution in [0.5, 0.6) is 0 Å². The number of amides is 1. The first-order chi connectivity index (χ1) is 13.0. The number of anilines is 1. The van der Waals surface area contributed by atoms with Crippen molar-refractivity contribution in [2.24, 2.45) is 5.10 Å². The molecule has 0 aliphatic rings. The molecular formula is C22H24N4O. The normalized spacial score (nSPS) is 10.9. The van der Waals surface area contributed by atoms with Gasteiger partial charge in [0.25, 0.3) is 5.91 Å². The van der Waals surface area contributed by atoms with E-state index in [0.717, 1.165) is 28.3 Å². The molecule has 0 aliphatic heterocycles. The minimum Gasteiger partial charge on any atom is -0.376 e. The Morgan fingerprint density at radius 3 is 2.44 bits per heavy atom. The third-order valence-corrected chi connectivity index (χ3v) is 4.38. The van der Waals surface area contributed by atoms with Crippen molar-refractivity contribution in [3.05, 3.63) is 83.2 Å². The lowest BCUT2D eigenvalue weighted by molar-refractivity contribution is -0.119. The first-order valence-corrected chi connectivity index (χ1v) is 8.91. The first kappa shape index (κ1) is 18.5. The van der Waals surface area contributed by atoms with Crippen LogP contribution in [0.15, 0.2) is 65.8 Å². The number of nitrogens with one attached hydrogen (secondary N) is 2. The van der Waals surface area contributed by atoms with E-state index < -0.39 is 0 Å². The van der Waals surface area contributed by atoms with Gasteiger partial charge in [0.1, 0.15) is 0 Å². The molecule has 0 unspecified atom stereocenters. The van der Waals surface area contributed by atoms with Crippen LogP contribution in [-0.4, -0.2) is 23.2 Å². The molecule has 138 valence electrons. The van der Waals surface area contributed by atoms with E-state index in [4.69, 9.17) is 0 Å². The monoisotopic (exact) mass is 360 g/mol. The Morgan fingerprint density at radius 1 is 1.04 bits per heavy atom. The van der Waals surface area contributed by atoms with E-state index in [2.05, 4.69) is 64.6 Å². The molecule has 0 aliphatic carbocycles. The Balaban J connectivity index is 1.63. The fourth-order valence-electron chi connectivity index (χ4n) is 2.96. The number of hydrazone groups is 1. The van der Waals surface area contributed by atoms with E-state index >= 15 is 0 Å². The van der Waals surface area contributed by atoms with Crippen LogP contribution in [0.25, 0.3) is 5.69 Å². The maximum Gasteiger partial charge on any atom is 0.259 e. The summed E-state index contributed by atoms with van der Waals surface area (Å²) in [5.74, 6) is -0.192. The third-order valence-electron chi connectivity index (χ3n) is 4.38. The summed E-state index contributed by atoms with van der Waals surface area (Å²) in [5, 5.41) is 7.15. The molecule has 0 bridgehead atoms. The number of para-hydroxylation sites is 1. The van der Waals surface area contributed by atoms with Crippen LogP contribution in [0.1, 0.15) is 22.5 Å². The number of aryl methyl sites for hydroxylation is 2. The van der Waals surface area contributed by atoms with Crippen LogP contribution < -0.4 is 10.7 Å². The van der Waals surface area contributed by atoms with Gasteiger partial charge < -0.3 is 9.88 Å². The minimum absolute atomic E-state index is 0.170. The van der Waals surface area contributed by atoms with Crippen LogP contribution in [0, 0.1) is 20.8 Å². The minimum atomic E-state index is -0.192. The summed E-state index contributed by atoms with van der Waals surface area (Å²) in [7, 11) is 0. The number of nitrogens with zero attached hydrogens (tertiary/aromatic N) is 2. The quantitative estimate of drug-likeness (QED) is 0.516. The molecule has 0 atom stereocenters. The van der Waals surface area contributed by atoms with Crippen molar-refractivity contribution in [1.82, 2.24) is 9.99 Å². The van der Waals surface area contributed by atoms with Crippen molar-refractivity contribution in [1.29, 1.82) is 0 Å². The van der Waals surface area contributed by atoms with Crippen molar-refractivity contribution in [3.8, 4) is 5.69 Å². The number of carbonyl (C=O) groups excluding carboxylic acids is 1. The summed E-state index contributed by atoms with van der Waals surface area (Å²) in [6, 6.07) is 20.1. The Morgan fingerprint density at radius 2 is 1.74 bits per heavy atom. The highest BCUT2D eigenvalue weighted by atomic mass is 16.2. The smallest absolute Gasteiger partial charge is 0.259 e. The second kappa shape index (κ2) is 8.36. The summed E-state index contributed by atoms with van der Waals surface area (Å²) in [6.07, 6.45) is 1.69. The molecule has 2 aromatic carbocycles. The van der Waals surface area contributed by atoms with Gasteiger partial charge in [0.05, 0.1) is 12.8 Å². The van der Waals surface area contributed by atoms with Gasteiger partial charge in [0.15, 0.2) is 0 Å². The van der Waals surface area contributed by atoms with E-state index in [0.29, 0.717) is 0 Å². The van der Waals surface area contributed by atoms with Crippen molar-refractivity contribution in [2.45, 2.75) is 20.8 Å². The molecule has 0 radical (unpaired) electrons. The van der Waals surface area contributed by atoms with Crippen LogP contribution in [0.3, 0.4) is 0 Å². The average Bonchev–Trinajstić information content (AvgIpc) is 2.95. The molecule has 5 nitrogen and oxygen atoms in total. The topological polar surface area (TPSA) is 58.4 Å². The van der Waals surface area contributed by atoms with Gasteiger partial charge in [0.2, 0.25) is 0 Å². The van der Waals surface area contributed by atoms with Gasteiger partial charge in [-0.15, -0.1) is 0 Å². The fourth-order valence-corrected chi connectivity index (χ4v) is 2.96. The number of carbonyl (C=O) groups is 1. The van der Waals surface area contributed by atoms with E-state index in [1.807, 2.05) is 37.3 Å². The van der Waals surface area contributed by atoms with E-state index in [-0.39, 0.29) is 12.5 Å². The Bertz CT molecular complexity index is 940. The predicted octanol–water partition coefficient (Wildman–Crippen LogP) is 3.96. The van der Waals surface area contributed by atoms with Crippen LogP contribution in [0.2, 0.25) is 0 Å². The molecule has 5 heteroatoms. The summed E-state index contributed by atoms with van der Waals surface area (Å²) in [4.78, 5) is 11.9. The van der Waals surface area contributed by atoms with Gasteiger partial charge in [-0.25, -0.2) is 5.43 Å². The summed E-state index contributed by atoms with van der Waals surface area (Å²) >= 11 is 0. The average molecular weight is 360 g/mol. The Hall–Kier alpha value is -3.34. The molecule has 1 heterocycles. The van der Waals surface area contributed by atoms with Gasteiger partial charge in [-0.3, -0.25) is 4.79 Å². The Kier molecular flexibility index (Phi) is 5.71. The van der Waals surface area contributed by atoms with Crippen LogP contribution in [-0.2, 0) is 4.79 Å². The van der Waals surface area contributed by atoms with E-state index in [9.17, 15) is 4.79 Å². The standard InChI is InChI=1S/C22H24N4O/c1-16-9-11-21(12-10-16)26-17(2)13-19(18(26)3)14-24-25-22(27)15-23-20-7-5-4-6-8-20/h4-14,23H,15H2,1-3H3,(H,25,27)/b24-14+. The molecule has 27 heavy (non-hydrogen) atoms. The van der Waals surface area contributed by atoms with Crippen molar-refractivity contribution < 1.29 is 4.79 Å². The highest BCUT2D eigenvalue weighted by Gasteiger charge is 2.09. The zero-order valence-electron chi connectivity index (χ0n) is 15.9. The summed E-state index contributed by atoms with van der Waals surface area (Å²) < 4.78 is 2.18. The van der Waals surface area contributed by atoms with Gasteiger partial charge in [-0.05, 0) is 51.1 Å². The zero-order valence-corrected chi connectivity index (χ0v) is 15.9. The largest absolute Gasteiger partial charge is 0.376 e. The molecule has 0 saturated carbocycles. The maximum atomic E-state index is 11.9. The highest BCUT2D eigenvalue weighted by Crippen LogP contribution is 2.20. The Labute approximate surface area is 159 Å². The lowest BCUT2D eigenvalue weighted by atomic mass is 10.2. The van der Waals surface area contributed by atoms with Gasteiger partial charge in [0, 0.05) is 28.3 Å². The van der Waals surface area contributed by atoms with Gasteiger partial charge >= 0.3 is 0 Å². The molecule has 1 amide bonds. The summed E-state index contributed by atoms with van der Waals surface area (Å²) in [5.41, 5.74) is 8.99. The van der Waals surface area contributed by atoms with Gasteiger partial charge in [-0.2, -0.15) is 5.10 Å². The SMILES string of the molecule is Cc1ccc(-n2c(C)cc(/C=N/NC(=O)CNc3ccccc3)c2C)cc1. The fraction of sp³-hybridized carbons (Fsp3) is 0.182. The highest BCUT2D eigenvalue weighted by molar-refractivity contribution is 5.85. The number of hydrogen-bond donors (Lipinski definition) is 2. The lowest BCUT2D eigenvalue weighted by Crippen LogP contribution is -2.25. The zero-order chi connectivity index (χ0) is 19.2. The number of aromatic nitrogens is 1. The van der Waals surface area contributed by atoms with Crippen molar-refractivity contribution >= 4 is 17.8 Å². The number of rotatable bonds is 6. The molecule has 0 spiro atoms. The van der Waals surface area contributed by atoms with E-state index in [1.165, 1.54) is 5.56 Å². The third kappa shape index (κ3) is 4.64. The van der Waals surface area contributed by atoms with Crippen LogP contribution >= 0.6 is 0 Å². The number of benzene rings is 2. The molecule has 0 saturated heterocycles. The first-order valence-electron chi connectivity index (χ1n) is 8.91. The van der Waals surface area contributed by atoms with Crippen molar-refractivity contribution in [2.75, 3.05) is 11.9 Å². The van der Waals surface area contributed by atoms with E-state index in [1.54, 1.807) is 6.21 Å². The van der Waals surface area contributed by atoms with Crippen LogP contribution in [0.4, 0.5) is 5.69 Å². The molecule has 2 N–H and O–H groups in total. The summed E-state index contributed by atoms with van der Waals surface area (Å²) in [6.45, 7) is 6.36. The molecule has 3 aromatic rings.